The largest absolute Gasteiger partial charge is 0.379 e. The van der Waals surface area contributed by atoms with Crippen molar-refractivity contribution in [2.75, 3.05) is 91.1 Å². The molecule has 0 aromatic heterocycles. The number of fused-ring (bicyclic) bond motifs is 1. The number of imide groups is 1. The molecule has 1 fully saturated rings. The molecule has 1 aromatic rings. The zero-order chi connectivity index (χ0) is 30.0. The third kappa shape index (κ3) is 11.7. The topological polar surface area (TPSA) is 177 Å². The minimum atomic E-state index is -0.677. The second-order valence-electron chi connectivity index (χ2n) is 9.53. The molecular weight excluding hydrogens is 552 g/mol. The number of hydrogen-bond donors (Lipinski definition) is 3. The number of carbonyl (C=O) groups excluding carboxylic acids is 4. The van der Waals surface area contributed by atoms with Crippen molar-refractivity contribution in [2.24, 2.45) is 5.73 Å². The van der Waals surface area contributed by atoms with Gasteiger partial charge in [-0.1, -0.05) is 0 Å². The van der Waals surface area contributed by atoms with Crippen LogP contribution in [0.25, 0.3) is 0 Å². The van der Waals surface area contributed by atoms with Crippen LogP contribution in [-0.4, -0.2) is 120 Å². The summed E-state index contributed by atoms with van der Waals surface area (Å²) in [6.45, 7) is 6.11. The fourth-order valence-corrected chi connectivity index (χ4v) is 4.33. The molecule has 14 heteroatoms. The molecule has 2 aliphatic heterocycles. The maximum absolute atomic E-state index is 12.8. The summed E-state index contributed by atoms with van der Waals surface area (Å²) in [4.78, 5) is 50.2. The van der Waals surface area contributed by atoms with Crippen molar-refractivity contribution in [3.63, 3.8) is 0 Å². The number of anilines is 1. The molecule has 2 aliphatic rings. The third-order valence-electron chi connectivity index (χ3n) is 6.40. The predicted molar refractivity (Wildman–Crippen MR) is 150 cm³/mol. The van der Waals surface area contributed by atoms with Crippen LogP contribution in [0.3, 0.4) is 0 Å². The van der Waals surface area contributed by atoms with Gasteiger partial charge in [-0.05, 0) is 30.2 Å². The Morgan fingerprint density at radius 1 is 0.833 bits per heavy atom. The van der Waals surface area contributed by atoms with Gasteiger partial charge in [0.1, 0.15) is 6.04 Å². The minimum absolute atomic E-state index is 0.161. The second-order valence-corrected chi connectivity index (χ2v) is 9.53. The van der Waals surface area contributed by atoms with Gasteiger partial charge in [0.25, 0.3) is 5.91 Å². The number of nitrogens with one attached hydrogen (secondary N) is 2. The number of nitrogens with zero attached hydrogens (tertiary/aromatic N) is 1. The van der Waals surface area contributed by atoms with Gasteiger partial charge in [0.15, 0.2) is 0 Å². The maximum Gasteiger partial charge on any atom is 0.255 e. The van der Waals surface area contributed by atoms with Crippen molar-refractivity contribution in [2.45, 2.75) is 31.8 Å². The zero-order valence-corrected chi connectivity index (χ0v) is 23.9. The van der Waals surface area contributed by atoms with E-state index < -0.39 is 11.9 Å². The lowest BCUT2D eigenvalue weighted by Crippen LogP contribution is -2.52. The molecule has 0 radical (unpaired) electrons. The lowest BCUT2D eigenvalue weighted by molar-refractivity contribution is -0.137. The van der Waals surface area contributed by atoms with Gasteiger partial charge < -0.3 is 44.4 Å². The van der Waals surface area contributed by atoms with Crippen LogP contribution in [0.15, 0.2) is 18.2 Å². The van der Waals surface area contributed by atoms with E-state index in [2.05, 4.69) is 10.6 Å². The van der Waals surface area contributed by atoms with E-state index >= 15 is 0 Å². The summed E-state index contributed by atoms with van der Waals surface area (Å²) >= 11 is 0. The SMILES string of the molecule is NCCOCCOCCOCCOCCOCCOCCC(=O)Nc1ccc2c(c1)CN(C1CCC(=O)NC1=O)C2=O. The Bertz CT molecular complexity index is 1020. The first kappa shape index (κ1) is 33.5. The van der Waals surface area contributed by atoms with E-state index in [-0.39, 0.29) is 43.7 Å². The van der Waals surface area contributed by atoms with Crippen molar-refractivity contribution in [3.8, 4) is 0 Å². The Kier molecular flexibility index (Phi) is 15.4. The number of piperidine rings is 1. The van der Waals surface area contributed by atoms with Crippen LogP contribution in [0.4, 0.5) is 5.69 Å². The molecule has 0 bridgehead atoms. The van der Waals surface area contributed by atoms with Gasteiger partial charge in [-0.25, -0.2) is 0 Å². The van der Waals surface area contributed by atoms with E-state index in [4.69, 9.17) is 34.2 Å². The van der Waals surface area contributed by atoms with Gasteiger partial charge in [-0.2, -0.15) is 0 Å². The predicted octanol–water partition coefficient (Wildman–Crippen LogP) is -0.165. The van der Waals surface area contributed by atoms with Crippen LogP contribution in [0.5, 0.6) is 0 Å². The van der Waals surface area contributed by atoms with Gasteiger partial charge in [-0.3, -0.25) is 24.5 Å². The number of ether oxygens (including phenoxy) is 6. The number of amides is 4. The van der Waals surface area contributed by atoms with Crippen molar-refractivity contribution in [1.82, 2.24) is 10.2 Å². The lowest BCUT2D eigenvalue weighted by Gasteiger charge is -2.29. The first-order valence-corrected chi connectivity index (χ1v) is 14.2. The van der Waals surface area contributed by atoms with Gasteiger partial charge in [0.2, 0.25) is 17.7 Å². The molecule has 14 nitrogen and oxygen atoms in total. The van der Waals surface area contributed by atoms with E-state index in [9.17, 15) is 19.2 Å². The summed E-state index contributed by atoms with van der Waals surface area (Å²) in [6, 6.07) is 4.35. The molecule has 4 amide bonds. The van der Waals surface area contributed by atoms with Crippen molar-refractivity contribution in [3.05, 3.63) is 29.3 Å². The highest BCUT2D eigenvalue weighted by molar-refractivity contribution is 6.05. The maximum atomic E-state index is 12.8. The molecule has 42 heavy (non-hydrogen) atoms. The molecule has 1 aromatic carbocycles. The molecule has 1 saturated heterocycles. The number of benzene rings is 1. The number of nitrogens with two attached hydrogens (primary N) is 1. The van der Waals surface area contributed by atoms with Crippen LogP contribution in [0.2, 0.25) is 0 Å². The van der Waals surface area contributed by atoms with Crippen molar-refractivity contribution < 1.29 is 47.6 Å². The molecule has 1 atom stereocenters. The fourth-order valence-electron chi connectivity index (χ4n) is 4.33. The Labute approximate surface area is 245 Å². The Morgan fingerprint density at radius 2 is 1.38 bits per heavy atom. The highest BCUT2D eigenvalue weighted by Gasteiger charge is 2.39. The average molecular weight is 595 g/mol. The first-order chi connectivity index (χ1) is 20.5. The number of hydrogen-bond acceptors (Lipinski definition) is 11. The lowest BCUT2D eigenvalue weighted by atomic mass is 10.0. The normalized spacial score (nSPS) is 16.5. The van der Waals surface area contributed by atoms with E-state index in [0.29, 0.717) is 96.9 Å². The van der Waals surface area contributed by atoms with E-state index in [1.807, 2.05) is 0 Å². The Morgan fingerprint density at radius 3 is 1.93 bits per heavy atom. The van der Waals surface area contributed by atoms with E-state index in [0.717, 1.165) is 5.56 Å². The van der Waals surface area contributed by atoms with E-state index in [1.54, 1.807) is 18.2 Å². The van der Waals surface area contributed by atoms with Crippen LogP contribution < -0.4 is 16.4 Å². The number of rotatable bonds is 22. The summed E-state index contributed by atoms with van der Waals surface area (Å²) in [5.41, 5.74) is 7.09. The molecule has 0 saturated carbocycles. The van der Waals surface area contributed by atoms with Gasteiger partial charge in [0.05, 0.1) is 85.7 Å². The van der Waals surface area contributed by atoms with Gasteiger partial charge in [-0.15, -0.1) is 0 Å². The monoisotopic (exact) mass is 594 g/mol. The highest BCUT2D eigenvalue weighted by Crippen LogP contribution is 2.29. The number of carbonyl (C=O) groups is 4. The van der Waals surface area contributed by atoms with E-state index in [1.165, 1.54) is 4.90 Å². The zero-order valence-electron chi connectivity index (χ0n) is 23.9. The molecule has 4 N–H and O–H groups in total. The molecule has 0 spiro atoms. The molecule has 1 unspecified atom stereocenters. The molecule has 2 heterocycles. The summed E-state index contributed by atoms with van der Waals surface area (Å²) in [5.74, 6) is -1.27. The standard InChI is InChI=1S/C28H42N4O10/c29-6-8-38-10-12-40-14-16-42-18-17-41-15-13-39-11-9-37-7-5-26(34)30-22-1-2-23-21(19-22)20-32(28(23)36)24-3-4-25(33)31-27(24)35/h1-2,19,24H,3-18,20,29H2,(H,30,34)(H,31,33,35). The van der Waals surface area contributed by atoms with Gasteiger partial charge >= 0.3 is 0 Å². The van der Waals surface area contributed by atoms with Crippen LogP contribution in [0.1, 0.15) is 35.2 Å². The second kappa shape index (κ2) is 19.3. The Balaban J connectivity index is 1.15. The molecular formula is C28H42N4O10. The molecule has 234 valence electrons. The summed E-state index contributed by atoms with van der Waals surface area (Å²) < 4.78 is 32.3. The first-order valence-electron chi connectivity index (χ1n) is 14.2. The smallest absolute Gasteiger partial charge is 0.255 e. The quantitative estimate of drug-likeness (QED) is 0.120. The van der Waals surface area contributed by atoms with Crippen LogP contribution in [0, 0.1) is 0 Å². The highest BCUT2D eigenvalue weighted by atomic mass is 16.6. The average Bonchev–Trinajstić information content (AvgIpc) is 3.29. The minimum Gasteiger partial charge on any atom is -0.379 e. The van der Waals surface area contributed by atoms with Crippen molar-refractivity contribution in [1.29, 1.82) is 0 Å². The summed E-state index contributed by atoms with van der Waals surface area (Å²) in [5, 5.41) is 5.09. The fraction of sp³-hybridized carbons (Fsp3) is 0.643. The van der Waals surface area contributed by atoms with Gasteiger partial charge in [0, 0.05) is 30.8 Å². The van der Waals surface area contributed by atoms with Crippen LogP contribution in [-0.2, 0) is 49.3 Å². The van der Waals surface area contributed by atoms with Crippen LogP contribution >= 0.6 is 0 Å². The Hall–Kier alpha value is -2.98. The summed E-state index contributed by atoms with van der Waals surface area (Å²) in [7, 11) is 0. The third-order valence-corrected chi connectivity index (χ3v) is 6.40. The molecule has 0 aliphatic carbocycles. The summed E-state index contributed by atoms with van der Waals surface area (Å²) in [6.07, 6.45) is 0.656. The van der Waals surface area contributed by atoms with Crippen molar-refractivity contribution >= 4 is 29.3 Å². The molecule has 3 rings (SSSR count).